The van der Waals surface area contributed by atoms with Crippen LogP contribution in [0.2, 0.25) is 0 Å². The number of rotatable bonds is 6. The van der Waals surface area contributed by atoms with Gasteiger partial charge in [0.2, 0.25) is 0 Å². The van der Waals surface area contributed by atoms with E-state index in [1.54, 1.807) is 0 Å². The van der Waals surface area contributed by atoms with Gasteiger partial charge in [0, 0.05) is 27.6 Å². The average molecular weight is 614 g/mol. The van der Waals surface area contributed by atoms with Crippen LogP contribution in [-0.4, -0.2) is 0 Å². The van der Waals surface area contributed by atoms with Crippen LogP contribution in [0.4, 0.5) is 17.1 Å². The Hall–Kier alpha value is -6.38. The molecule has 0 fully saturated rings. The van der Waals surface area contributed by atoms with E-state index in [1.807, 2.05) is 12.1 Å². The zero-order valence-electron chi connectivity index (χ0n) is 26.3. The molecule has 9 rings (SSSR count). The number of fused-ring (bicyclic) bond motifs is 4. The fourth-order valence-corrected chi connectivity index (χ4v) is 7.01. The molecule has 0 atom stereocenters. The summed E-state index contributed by atoms with van der Waals surface area (Å²) in [4.78, 5) is 2.40. The third-order valence-corrected chi connectivity index (χ3v) is 9.29. The predicted octanol–water partition coefficient (Wildman–Crippen LogP) is 13.2. The van der Waals surface area contributed by atoms with E-state index >= 15 is 0 Å². The second-order valence-corrected chi connectivity index (χ2v) is 12.1. The van der Waals surface area contributed by atoms with E-state index in [0.717, 1.165) is 50.1 Å². The molecule has 0 spiro atoms. The molecular formula is C46H31NO. The van der Waals surface area contributed by atoms with Gasteiger partial charge in [-0.25, -0.2) is 0 Å². The van der Waals surface area contributed by atoms with Gasteiger partial charge in [0.15, 0.2) is 0 Å². The van der Waals surface area contributed by atoms with Crippen LogP contribution in [-0.2, 0) is 0 Å². The lowest BCUT2D eigenvalue weighted by molar-refractivity contribution is 0.669. The van der Waals surface area contributed by atoms with Crippen molar-refractivity contribution < 1.29 is 4.42 Å². The molecule has 0 amide bonds. The van der Waals surface area contributed by atoms with Crippen LogP contribution in [0.15, 0.2) is 192 Å². The topological polar surface area (TPSA) is 16.4 Å². The zero-order chi connectivity index (χ0) is 31.9. The lowest BCUT2D eigenvalue weighted by atomic mass is 9.96. The van der Waals surface area contributed by atoms with E-state index in [2.05, 4.69) is 181 Å². The number of hydrogen-bond acceptors (Lipinski definition) is 2. The molecule has 0 radical (unpaired) electrons. The second-order valence-electron chi connectivity index (χ2n) is 12.1. The van der Waals surface area contributed by atoms with Gasteiger partial charge >= 0.3 is 0 Å². The second kappa shape index (κ2) is 11.8. The number of benzene rings is 8. The molecule has 0 aliphatic heterocycles. The van der Waals surface area contributed by atoms with Crippen LogP contribution in [0, 0.1) is 0 Å². The molecule has 0 saturated carbocycles. The number of furan rings is 1. The van der Waals surface area contributed by atoms with Crippen molar-refractivity contribution in [1.29, 1.82) is 0 Å². The Kier molecular flexibility index (Phi) is 6.84. The van der Waals surface area contributed by atoms with E-state index in [9.17, 15) is 0 Å². The number of anilines is 3. The molecule has 226 valence electrons. The minimum absolute atomic E-state index is 0.888. The summed E-state index contributed by atoms with van der Waals surface area (Å²) in [6.07, 6.45) is 0. The maximum absolute atomic E-state index is 6.33. The molecule has 0 aliphatic rings. The summed E-state index contributed by atoms with van der Waals surface area (Å²) < 4.78 is 6.33. The lowest BCUT2D eigenvalue weighted by Gasteiger charge is -2.30. The smallest absolute Gasteiger partial charge is 0.136 e. The van der Waals surface area contributed by atoms with Crippen molar-refractivity contribution in [2.75, 3.05) is 4.90 Å². The maximum Gasteiger partial charge on any atom is 0.136 e. The van der Waals surface area contributed by atoms with E-state index < -0.39 is 0 Å². The van der Waals surface area contributed by atoms with Gasteiger partial charge in [-0.05, 0) is 75.5 Å². The number of nitrogens with zero attached hydrogens (tertiary/aromatic N) is 1. The third-order valence-electron chi connectivity index (χ3n) is 9.29. The SMILES string of the molecule is c1ccc(-c2ccccc2N(c2ccc(-c3cccc4ccccc34)cc2)c2ccccc2-c2ccc3c(c2)oc2ccccc23)cc1. The average Bonchev–Trinajstić information content (AvgIpc) is 3.54. The summed E-state index contributed by atoms with van der Waals surface area (Å²) in [5.41, 5.74) is 12.1. The van der Waals surface area contributed by atoms with Gasteiger partial charge in [0.1, 0.15) is 11.2 Å². The van der Waals surface area contributed by atoms with Gasteiger partial charge in [-0.2, -0.15) is 0 Å². The summed E-state index contributed by atoms with van der Waals surface area (Å²) in [5, 5.41) is 4.76. The van der Waals surface area contributed by atoms with Crippen molar-refractivity contribution in [3.05, 3.63) is 188 Å². The molecule has 9 aromatic rings. The first-order valence-corrected chi connectivity index (χ1v) is 16.4. The molecule has 0 N–H and O–H groups in total. The van der Waals surface area contributed by atoms with Crippen LogP contribution in [0.3, 0.4) is 0 Å². The molecule has 48 heavy (non-hydrogen) atoms. The Morgan fingerprint density at radius 3 is 1.67 bits per heavy atom. The van der Waals surface area contributed by atoms with E-state index in [1.165, 1.54) is 33.0 Å². The molecule has 0 bridgehead atoms. The highest BCUT2D eigenvalue weighted by atomic mass is 16.3. The Balaban J connectivity index is 1.23. The largest absolute Gasteiger partial charge is 0.456 e. The first kappa shape index (κ1) is 27.9. The van der Waals surface area contributed by atoms with Crippen molar-refractivity contribution in [3.8, 4) is 33.4 Å². The number of para-hydroxylation sites is 3. The molecule has 0 aliphatic carbocycles. The number of hydrogen-bond donors (Lipinski definition) is 0. The minimum Gasteiger partial charge on any atom is -0.456 e. The molecule has 0 saturated heterocycles. The molecule has 2 heteroatoms. The normalized spacial score (nSPS) is 11.3. The molecule has 0 unspecified atom stereocenters. The van der Waals surface area contributed by atoms with Crippen LogP contribution >= 0.6 is 0 Å². The van der Waals surface area contributed by atoms with Crippen molar-refractivity contribution in [1.82, 2.24) is 0 Å². The lowest BCUT2D eigenvalue weighted by Crippen LogP contribution is -2.12. The summed E-state index contributed by atoms with van der Waals surface area (Å²) in [6.45, 7) is 0. The van der Waals surface area contributed by atoms with E-state index in [4.69, 9.17) is 4.42 Å². The van der Waals surface area contributed by atoms with Crippen LogP contribution in [0.1, 0.15) is 0 Å². The fourth-order valence-electron chi connectivity index (χ4n) is 7.01. The molecule has 2 nitrogen and oxygen atoms in total. The quantitative estimate of drug-likeness (QED) is 0.185. The predicted molar refractivity (Wildman–Crippen MR) is 202 cm³/mol. The van der Waals surface area contributed by atoms with Crippen LogP contribution in [0.5, 0.6) is 0 Å². The highest BCUT2D eigenvalue weighted by Gasteiger charge is 2.21. The van der Waals surface area contributed by atoms with Crippen LogP contribution < -0.4 is 4.90 Å². The minimum atomic E-state index is 0.888. The van der Waals surface area contributed by atoms with Gasteiger partial charge < -0.3 is 9.32 Å². The summed E-state index contributed by atoms with van der Waals surface area (Å²) >= 11 is 0. The van der Waals surface area contributed by atoms with Gasteiger partial charge in [-0.1, -0.05) is 146 Å². The van der Waals surface area contributed by atoms with Crippen LogP contribution in [0.25, 0.3) is 66.1 Å². The Labute approximate surface area is 279 Å². The standard InChI is InChI=1S/C46H31NO/c1-2-13-33(14-3-1)39-18-6-9-22-43(39)47(36-28-25-34(26-29-36)38-21-12-16-32-15-4-5-17-37(32)38)44-23-10-7-19-40(44)35-27-30-42-41-20-8-11-24-45(41)48-46(42)31-35/h1-31H. The van der Waals surface area contributed by atoms with Crippen molar-refractivity contribution >= 4 is 49.8 Å². The molecular weight excluding hydrogens is 583 g/mol. The maximum atomic E-state index is 6.33. The molecule has 1 heterocycles. The highest BCUT2D eigenvalue weighted by Crippen LogP contribution is 2.45. The van der Waals surface area contributed by atoms with E-state index in [0.29, 0.717) is 0 Å². The Morgan fingerprint density at radius 1 is 0.333 bits per heavy atom. The first-order chi connectivity index (χ1) is 23.8. The first-order valence-electron chi connectivity index (χ1n) is 16.4. The Morgan fingerprint density at radius 2 is 0.875 bits per heavy atom. The van der Waals surface area contributed by atoms with E-state index in [-0.39, 0.29) is 0 Å². The summed E-state index contributed by atoms with van der Waals surface area (Å²) in [6, 6.07) is 66.9. The third kappa shape index (κ3) is 4.83. The monoisotopic (exact) mass is 613 g/mol. The van der Waals surface area contributed by atoms with Gasteiger partial charge in [-0.3, -0.25) is 0 Å². The highest BCUT2D eigenvalue weighted by molar-refractivity contribution is 6.06. The van der Waals surface area contributed by atoms with Gasteiger partial charge in [0.05, 0.1) is 11.4 Å². The van der Waals surface area contributed by atoms with Gasteiger partial charge in [0.25, 0.3) is 0 Å². The van der Waals surface area contributed by atoms with Gasteiger partial charge in [-0.15, -0.1) is 0 Å². The molecule has 8 aromatic carbocycles. The Bertz CT molecular complexity index is 2560. The fraction of sp³-hybridized carbons (Fsp3) is 0. The zero-order valence-corrected chi connectivity index (χ0v) is 26.3. The molecule has 1 aromatic heterocycles. The summed E-state index contributed by atoms with van der Waals surface area (Å²) in [7, 11) is 0. The van der Waals surface area contributed by atoms with Crippen molar-refractivity contribution in [3.63, 3.8) is 0 Å². The van der Waals surface area contributed by atoms with Crippen molar-refractivity contribution in [2.24, 2.45) is 0 Å². The summed E-state index contributed by atoms with van der Waals surface area (Å²) in [5.74, 6) is 0. The van der Waals surface area contributed by atoms with Crippen molar-refractivity contribution in [2.45, 2.75) is 0 Å².